The van der Waals surface area contributed by atoms with E-state index in [0.29, 0.717) is 6.54 Å². The highest BCUT2D eigenvalue weighted by Gasteiger charge is 2.23. The van der Waals surface area contributed by atoms with Crippen molar-refractivity contribution < 1.29 is 9.90 Å². The second kappa shape index (κ2) is 6.55. The summed E-state index contributed by atoms with van der Waals surface area (Å²) in [5.41, 5.74) is 0.924. The Labute approximate surface area is 109 Å². The number of carbonyl (C=O) groups excluding carboxylic acids is 1. The van der Waals surface area contributed by atoms with Crippen molar-refractivity contribution in [3.63, 3.8) is 0 Å². The molecule has 100 valence electrons. The smallest absolute Gasteiger partial charge is 0.152 e. The number of nitrogens with one attached hydrogen (secondary N) is 1. The number of benzene rings is 1. The number of rotatable bonds is 7. The Morgan fingerprint density at radius 3 is 2.44 bits per heavy atom. The van der Waals surface area contributed by atoms with E-state index in [0.717, 1.165) is 24.9 Å². The summed E-state index contributed by atoms with van der Waals surface area (Å²) >= 11 is 0. The number of phenolic OH excluding ortho intramolecular Hbond substituents is 1. The van der Waals surface area contributed by atoms with Crippen molar-refractivity contribution in [2.24, 2.45) is 5.41 Å². The number of phenols is 1. The number of hydrogen-bond donors (Lipinski definition) is 2. The van der Waals surface area contributed by atoms with Gasteiger partial charge in [0.2, 0.25) is 0 Å². The zero-order chi connectivity index (χ0) is 13.6. The Balaban J connectivity index is 2.27. The van der Waals surface area contributed by atoms with Crippen LogP contribution in [0.15, 0.2) is 24.3 Å². The molecular formula is C15H23NO2. The highest BCUT2D eigenvalue weighted by Crippen LogP contribution is 2.20. The molecule has 0 bridgehead atoms. The normalized spacial score (nSPS) is 11.5. The monoisotopic (exact) mass is 249 g/mol. The zero-order valence-corrected chi connectivity index (χ0v) is 11.5. The largest absolute Gasteiger partial charge is 0.508 e. The van der Waals surface area contributed by atoms with E-state index in [2.05, 4.69) is 5.32 Å². The fourth-order valence-corrected chi connectivity index (χ4v) is 1.53. The third kappa shape index (κ3) is 4.49. The first-order valence-corrected chi connectivity index (χ1v) is 6.47. The van der Waals surface area contributed by atoms with E-state index in [1.54, 1.807) is 12.1 Å². The molecule has 0 amide bonds. The standard InChI is InChI=1S/C15H23NO2/c1-4-15(2,3)14(18)11-16-10-9-12-5-7-13(17)8-6-12/h5-8,16-17H,4,9-11H2,1-3H3. The van der Waals surface area contributed by atoms with E-state index in [-0.39, 0.29) is 16.9 Å². The van der Waals surface area contributed by atoms with Crippen LogP contribution in [0.1, 0.15) is 32.8 Å². The van der Waals surface area contributed by atoms with Crippen molar-refractivity contribution in [1.82, 2.24) is 5.32 Å². The lowest BCUT2D eigenvalue weighted by molar-refractivity contribution is -0.126. The Kier molecular flexibility index (Phi) is 5.35. The number of aromatic hydroxyl groups is 1. The maximum absolute atomic E-state index is 11.9. The molecule has 0 unspecified atom stereocenters. The van der Waals surface area contributed by atoms with Gasteiger partial charge < -0.3 is 10.4 Å². The molecule has 0 aliphatic heterocycles. The minimum absolute atomic E-state index is 0.231. The van der Waals surface area contributed by atoms with Crippen LogP contribution < -0.4 is 5.32 Å². The third-order valence-corrected chi connectivity index (χ3v) is 3.45. The molecule has 1 aromatic carbocycles. The molecule has 18 heavy (non-hydrogen) atoms. The van der Waals surface area contributed by atoms with E-state index >= 15 is 0 Å². The fourth-order valence-electron chi connectivity index (χ4n) is 1.53. The summed E-state index contributed by atoms with van der Waals surface area (Å²) in [6.07, 6.45) is 1.73. The Morgan fingerprint density at radius 2 is 1.89 bits per heavy atom. The maximum atomic E-state index is 11.9. The lowest BCUT2D eigenvalue weighted by atomic mass is 9.85. The molecule has 0 aliphatic carbocycles. The summed E-state index contributed by atoms with van der Waals surface area (Å²) in [6.45, 7) is 7.21. The molecule has 0 radical (unpaired) electrons. The second-order valence-corrected chi connectivity index (χ2v) is 5.25. The van der Waals surface area contributed by atoms with Crippen LogP contribution in [0.2, 0.25) is 0 Å². The van der Waals surface area contributed by atoms with Gasteiger partial charge in [0, 0.05) is 5.41 Å². The average Bonchev–Trinajstić information content (AvgIpc) is 2.36. The van der Waals surface area contributed by atoms with Gasteiger partial charge in [-0.3, -0.25) is 4.79 Å². The minimum atomic E-state index is -0.231. The summed E-state index contributed by atoms with van der Waals surface area (Å²) in [4.78, 5) is 11.9. The van der Waals surface area contributed by atoms with E-state index < -0.39 is 0 Å². The van der Waals surface area contributed by atoms with Crippen molar-refractivity contribution in [3.05, 3.63) is 29.8 Å². The van der Waals surface area contributed by atoms with Crippen molar-refractivity contribution in [2.75, 3.05) is 13.1 Å². The third-order valence-electron chi connectivity index (χ3n) is 3.45. The SMILES string of the molecule is CCC(C)(C)C(=O)CNCCc1ccc(O)cc1. The highest BCUT2D eigenvalue weighted by atomic mass is 16.3. The molecule has 0 aliphatic rings. The van der Waals surface area contributed by atoms with E-state index in [9.17, 15) is 4.79 Å². The molecule has 0 aromatic heterocycles. The van der Waals surface area contributed by atoms with Gasteiger partial charge in [0.05, 0.1) is 6.54 Å². The Bertz CT molecular complexity index is 382. The van der Waals surface area contributed by atoms with Gasteiger partial charge >= 0.3 is 0 Å². The predicted molar refractivity (Wildman–Crippen MR) is 73.8 cm³/mol. The first-order valence-electron chi connectivity index (χ1n) is 6.47. The molecule has 3 nitrogen and oxygen atoms in total. The summed E-state index contributed by atoms with van der Waals surface area (Å²) in [7, 11) is 0. The lowest BCUT2D eigenvalue weighted by Crippen LogP contribution is -2.34. The first-order chi connectivity index (χ1) is 8.45. The van der Waals surface area contributed by atoms with Crippen molar-refractivity contribution in [3.8, 4) is 5.75 Å². The quantitative estimate of drug-likeness (QED) is 0.730. The molecule has 1 rings (SSSR count). The molecule has 0 saturated carbocycles. The fraction of sp³-hybridized carbons (Fsp3) is 0.533. The predicted octanol–water partition coefficient (Wildman–Crippen LogP) is 2.53. The molecular weight excluding hydrogens is 226 g/mol. The minimum Gasteiger partial charge on any atom is -0.508 e. The molecule has 0 atom stereocenters. The van der Waals surface area contributed by atoms with E-state index in [1.807, 2.05) is 32.9 Å². The van der Waals surface area contributed by atoms with Gasteiger partial charge in [-0.05, 0) is 37.1 Å². The molecule has 0 spiro atoms. The summed E-state index contributed by atoms with van der Waals surface area (Å²) in [5, 5.41) is 12.3. The Morgan fingerprint density at radius 1 is 1.28 bits per heavy atom. The first kappa shape index (κ1) is 14.7. The number of Topliss-reactive ketones (excluding diaryl/α,β-unsaturated/α-hetero) is 1. The number of carbonyl (C=O) groups is 1. The van der Waals surface area contributed by atoms with Crippen LogP contribution in [0.25, 0.3) is 0 Å². The topological polar surface area (TPSA) is 49.3 Å². The molecule has 2 N–H and O–H groups in total. The van der Waals surface area contributed by atoms with Crippen LogP contribution in [-0.2, 0) is 11.2 Å². The molecule has 0 saturated heterocycles. The van der Waals surface area contributed by atoms with Crippen molar-refractivity contribution >= 4 is 5.78 Å². The van der Waals surface area contributed by atoms with Crippen LogP contribution >= 0.6 is 0 Å². The van der Waals surface area contributed by atoms with Crippen molar-refractivity contribution in [1.29, 1.82) is 0 Å². The van der Waals surface area contributed by atoms with Crippen molar-refractivity contribution in [2.45, 2.75) is 33.6 Å². The number of hydrogen-bond acceptors (Lipinski definition) is 3. The van der Waals surface area contributed by atoms with Crippen LogP contribution in [0, 0.1) is 5.41 Å². The van der Waals surface area contributed by atoms with Gasteiger partial charge in [0.1, 0.15) is 5.75 Å². The van der Waals surface area contributed by atoms with Crippen LogP contribution in [-0.4, -0.2) is 24.0 Å². The van der Waals surface area contributed by atoms with E-state index in [4.69, 9.17) is 5.11 Å². The second-order valence-electron chi connectivity index (χ2n) is 5.25. The van der Waals surface area contributed by atoms with Crippen LogP contribution in [0.5, 0.6) is 5.75 Å². The number of ketones is 1. The zero-order valence-electron chi connectivity index (χ0n) is 11.5. The van der Waals surface area contributed by atoms with Gasteiger partial charge in [-0.25, -0.2) is 0 Å². The van der Waals surface area contributed by atoms with Gasteiger partial charge in [-0.2, -0.15) is 0 Å². The molecule has 1 aromatic rings. The van der Waals surface area contributed by atoms with Crippen LogP contribution in [0.3, 0.4) is 0 Å². The lowest BCUT2D eigenvalue weighted by Gasteiger charge is -2.20. The average molecular weight is 249 g/mol. The van der Waals surface area contributed by atoms with Gasteiger partial charge in [-0.15, -0.1) is 0 Å². The van der Waals surface area contributed by atoms with E-state index in [1.165, 1.54) is 0 Å². The van der Waals surface area contributed by atoms with Crippen LogP contribution in [0.4, 0.5) is 0 Å². The van der Waals surface area contributed by atoms with Gasteiger partial charge in [0.15, 0.2) is 5.78 Å². The molecule has 3 heteroatoms. The van der Waals surface area contributed by atoms with Gasteiger partial charge in [-0.1, -0.05) is 32.9 Å². The summed E-state index contributed by atoms with van der Waals surface area (Å²) in [5.74, 6) is 0.544. The molecule has 0 heterocycles. The molecule has 0 fully saturated rings. The Hall–Kier alpha value is -1.35. The van der Waals surface area contributed by atoms with Gasteiger partial charge in [0.25, 0.3) is 0 Å². The summed E-state index contributed by atoms with van der Waals surface area (Å²) < 4.78 is 0. The summed E-state index contributed by atoms with van der Waals surface area (Å²) in [6, 6.07) is 7.16. The highest BCUT2D eigenvalue weighted by molar-refractivity contribution is 5.85. The maximum Gasteiger partial charge on any atom is 0.152 e.